The van der Waals surface area contributed by atoms with Crippen LogP contribution in [-0.4, -0.2) is 25.8 Å². The molecule has 3 aromatic heterocycles. The van der Waals surface area contributed by atoms with Gasteiger partial charge >= 0.3 is 0 Å². The normalized spacial score (nSPS) is 10.2. The number of nitrogens with zero attached hydrogens (tertiary/aromatic N) is 4. The van der Waals surface area contributed by atoms with Gasteiger partial charge in [0.1, 0.15) is 0 Å². The smallest absolute Gasteiger partial charge is 0.278 e. The number of aromatic nitrogens is 4. The molecule has 3 N–H and O–H groups in total. The fourth-order valence-electron chi connectivity index (χ4n) is 1.84. The first-order chi connectivity index (χ1) is 10.7. The van der Waals surface area contributed by atoms with E-state index >= 15 is 0 Å². The molecule has 0 radical (unpaired) electrons. The monoisotopic (exact) mass is 292 g/mol. The summed E-state index contributed by atoms with van der Waals surface area (Å²) >= 11 is 0. The maximum atomic E-state index is 12.3. The SMILES string of the molecule is Nc1ncc(-c2cccnc2)nc1C(=O)Nc1ccncc1. The van der Waals surface area contributed by atoms with Gasteiger partial charge < -0.3 is 11.1 Å². The molecule has 0 unspecified atom stereocenters. The lowest BCUT2D eigenvalue weighted by atomic mass is 10.2. The predicted molar refractivity (Wildman–Crippen MR) is 81.9 cm³/mol. The average molecular weight is 292 g/mol. The third-order valence-corrected chi connectivity index (χ3v) is 2.91. The van der Waals surface area contributed by atoms with Crippen LogP contribution in [-0.2, 0) is 0 Å². The summed E-state index contributed by atoms with van der Waals surface area (Å²) in [6, 6.07) is 6.96. The largest absolute Gasteiger partial charge is 0.382 e. The van der Waals surface area contributed by atoms with Gasteiger partial charge in [-0.3, -0.25) is 14.8 Å². The van der Waals surface area contributed by atoms with E-state index in [4.69, 9.17) is 5.73 Å². The Balaban J connectivity index is 1.91. The van der Waals surface area contributed by atoms with Crippen LogP contribution >= 0.6 is 0 Å². The number of nitrogens with two attached hydrogens (primary N) is 1. The molecule has 3 aromatic rings. The molecule has 0 saturated heterocycles. The van der Waals surface area contributed by atoms with Crippen LogP contribution in [0.3, 0.4) is 0 Å². The minimum atomic E-state index is -0.429. The fourth-order valence-corrected chi connectivity index (χ4v) is 1.84. The molecular weight excluding hydrogens is 280 g/mol. The number of carbonyl (C=O) groups excluding carboxylic acids is 1. The summed E-state index contributed by atoms with van der Waals surface area (Å²) in [6.45, 7) is 0. The molecule has 3 heterocycles. The van der Waals surface area contributed by atoms with Crippen molar-refractivity contribution in [3.63, 3.8) is 0 Å². The Bertz CT molecular complexity index is 792. The first kappa shape index (κ1) is 13.6. The van der Waals surface area contributed by atoms with Gasteiger partial charge in [-0.2, -0.15) is 0 Å². The summed E-state index contributed by atoms with van der Waals surface area (Å²) in [5, 5.41) is 2.70. The maximum absolute atomic E-state index is 12.3. The van der Waals surface area contributed by atoms with Gasteiger partial charge in [0, 0.05) is 36.0 Å². The molecule has 1 amide bonds. The fraction of sp³-hybridized carbons (Fsp3) is 0. The van der Waals surface area contributed by atoms with Crippen LogP contribution in [0.2, 0.25) is 0 Å². The molecule has 0 aliphatic rings. The highest BCUT2D eigenvalue weighted by molar-refractivity contribution is 6.05. The standard InChI is InChI=1S/C15H12N6O/c16-14-13(15(22)20-11-3-6-17-7-4-11)21-12(9-19-14)10-2-1-5-18-8-10/h1-9H,(H2,16,19)(H,17,20,22). The van der Waals surface area contributed by atoms with Crippen molar-refractivity contribution >= 4 is 17.4 Å². The van der Waals surface area contributed by atoms with Crippen molar-refractivity contribution in [1.82, 2.24) is 19.9 Å². The predicted octanol–water partition coefficient (Wildman–Crippen LogP) is 1.77. The quantitative estimate of drug-likeness (QED) is 0.762. The van der Waals surface area contributed by atoms with Gasteiger partial charge in [0.25, 0.3) is 5.91 Å². The number of nitrogen functional groups attached to an aromatic ring is 1. The lowest BCUT2D eigenvalue weighted by molar-refractivity contribution is 0.102. The Morgan fingerprint density at radius 2 is 1.86 bits per heavy atom. The Morgan fingerprint density at radius 1 is 1.05 bits per heavy atom. The van der Waals surface area contributed by atoms with Crippen molar-refractivity contribution in [1.29, 1.82) is 0 Å². The number of amides is 1. The Labute approximate surface area is 126 Å². The van der Waals surface area contributed by atoms with Crippen LogP contribution in [0.4, 0.5) is 11.5 Å². The van der Waals surface area contributed by atoms with Gasteiger partial charge in [0.05, 0.1) is 11.9 Å². The zero-order valence-corrected chi connectivity index (χ0v) is 11.5. The number of hydrogen-bond donors (Lipinski definition) is 2. The number of nitrogens with one attached hydrogen (secondary N) is 1. The molecule has 0 aromatic carbocycles. The first-order valence-corrected chi connectivity index (χ1v) is 6.48. The summed E-state index contributed by atoms with van der Waals surface area (Å²) in [5.41, 5.74) is 7.72. The second-order valence-electron chi connectivity index (χ2n) is 4.42. The molecule has 7 heteroatoms. The number of pyridine rings is 2. The van der Waals surface area contributed by atoms with E-state index < -0.39 is 5.91 Å². The molecule has 22 heavy (non-hydrogen) atoms. The molecule has 7 nitrogen and oxygen atoms in total. The first-order valence-electron chi connectivity index (χ1n) is 6.48. The highest BCUT2D eigenvalue weighted by atomic mass is 16.1. The molecule has 0 bridgehead atoms. The Kier molecular flexibility index (Phi) is 3.69. The van der Waals surface area contributed by atoms with E-state index in [0.29, 0.717) is 11.4 Å². The zero-order valence-electron chi connectivity index (χ0n) is 11.5. The van der Waals surface area contributed by atoms with Gasteiger partial charge in [0.15, 0.2) is 11.5 Å². The second-order valence-corrected chi connectivity index (χ2v) is 4.42. The van der Waals surface area contributed by atoms with Crippen molar-refractivity contribution in [2.75, 3.05) is 11.1 Å². The van der Waals surface area contributed by atoms with Crippen molar-refractivity contribution in [3.05, 3.63) is 60.9 Å². The minimum absolute atomic E-state index is 0.0677. The van der Waals surface area contributed by atoms with E-state index in [9.17, 15) is 4.79 Å². The second kappa shape index (κ2) is 5.96. The highest BCUT2D eigenvalue weighted by Gasteiger charge is 2.15. The molecule has 0 atom stereocenters. The molecule has 108 valence electrons. The molecule has 3 rings (SSSR count). The Hall–Kier alpha value is -3.35. The molecule has 0 aliphatic carbocycles. The van der Waals surface area contributed by atoms with E-state index in [1.54, 1.807) is 43.0 Å². The van der Waals surface area contributed by atoms with Gasteiger partial charge in [-0.15, -0.1) is 0 Å². The van der Waals surface area contributed by atoms with Gasteiger partial charge in [0.2, 0.25) is 0 Å². The van der Waals surface area contributed by atoms with E-state index in [2.05, 4.69) is 25.3 Å². The maximum Gasteiger partial charge on any atom is 0.278 e. The van der Waals surface area contributed by atoms with E-state index in [1.165, 1.54) is 6.20 Å². The van der Waals surface area contributed by atoms with Crippen LogP contribution in [0.1, 0.15) is 10.5 Å². The van der Waals surface area contributed by atoms with Gasteiger partial charge in [-0.05, 0) is 24.3 Å². The van der Waals surface area contributed by atoms with Crippen LogP contribution in [0.15, 0.2) is 55.2 Å². The zero-order chi connectivity index (χ0) is 15.4. The summed E-state index contributed by atoms with van der Waals surface area (Å²) < 4.78 is 0. The third kappa shape index (κ3) is 2.88. The molecular formula is C15H12N6O. The van der Waals surface area contributed by atoms with Crippen molar-refractivity contribution in [2.24, 2.45) is 0 Å². The van der Waals surface area contributed by atoms with Crippen LogP contribution in [0.5, 0.6) is 0 Å². The van der Waals surface area contributed by atoms with Crippen LogP contribution in [0.25, 0.3) is 11.3 Å². The van der Waals surface area contributed by atoms with E-state index in [0.717, 1.165) is 5.56 Å². The number of carbonyl (C=O) groups is 1. The third-order valence-electron chi connectivity index (χ3n) is 2.91. The van der Waals surface area contributed by atoms with Gasteiger partial charge in [-0.25, -0.2) is 9.97 Å². The van der Waals surface area contributed by atoms with Crippen molar-refractivity contribution in [2.45, 2.75) is 0 Å². The number of hydrogen-bond acceptors (Lipinski definition) is 6. The topological polar surface area (TPSA) is 107 Å². The highest BCUT2D eigenvalue weighted by Crippen LogP contribution is 2.18. The molecule has 0 fully saturated rings. The molecule has 0 saturated carbocycles. The summed E-state index contributed by atoms with van der Waals surface area (Å²) in [5.74, 6) is -0.360. The number of anilines is 2. The molecule has 0 spiro atoms. The Morgan fingerprint density at radius 3 is 2.59 bits per heavy atom. The van der Waals surface area contributed by atoms with Gasteiger partial charge in [-0.1, -0.05) is 0 Å². The summed E-state index contributed by atoms with van der Waals surface area (Å²) in [4.78, 5) is 28.5. The van der Waals surface area contributed by atoms with E-state index in [1.807, 2.05) is 6.07 Å². The van der Waals surface area contributed by atoms with Crippen LogP contribution < -0.4 is 11.1 Å². The summed E-state index contributed by atoms with van der Waals surface area (Å²) in [6.07, 6.45) is 7.97. The average Bonchev–Trinajstić information content (AvgIpc) is 2.57. The summed E-state index contributed by atoms with van der Waals surface area (Å²) in [7, 11) is 0. The van der Waals surface area contributed by atoms with E-state index in [-0.39, 0.29) is 11.5 Å². The van der Waals surface area contributed by atoms with Crippen molar-refractivity contribution in [3.8, 4) is 11.3 Å². The number of rotatable bonds is 3. The lowest BCUT2D eigenvalue weighted by Gasteiger charge is -2.08. The van der Waals surface area contributed by atoms with Crippen LogP contribution in [0, 0.1) is 0 Å². The van der Waals surface area contributed by atoms with Crippen molar-refractivity contribution < 1.29 is 4.79 Å². The minimum Gasteiger partial charge on any atom is -0.382 e. The lowest BCUT2D eigenvalue weighted by Crippen LogP contribution is -2.17. The molecule has 0 aliphatic heterocycles.